The molecule has 0 amide bonds. The Hall–Kier alpha value is -1.32. The molecule has 96 valence electrons. The van der Waals surface area contributed by atoms with Crippen molar-refractivity contribution in [3.8, 4) is 0 Å². The van der Waals surface area contributed by atoms with Gasteiger partial charge in [0.2, 0.25) is 0 Å². The van der Waals surface area contributed by atoms with Crippen molar-refractivity contribution < 1.29 is 19.1 Å². The molecule has 1 fully saturated rings. The second-order valence-electron chi connectivity index (χ2n) is 4.33. The highest BCUT2D eigenvalue weighted by molar-refractivity contribution is 5.91. The van der Waals surface area contributed by atoms with Crippen LogP contribution in [0.25, 0.3) is 0 Å². The number of carbonyl (C=O) groups excluding carboxylic acids is 2. The van der Waals surface area contributed by atoms with Crippen molar-refractivity contribution in [1.82, 2.24) is 0 Å². The Labute approximate surface area is 102 Å². The van der Waals surface area contributed by atoms with Crippen LogP contribution < -0.4 is 0 Å². The zero-order chi connectivity index (χ0) is 12.7. The predicted octanol–water partition coefficient (Wildman–Crippen LogP) is 2.37. The van der Waals surface area contributed by atoms with Crippen LogP contribution in [0.5, 0.6) is 0 Å². The Bertz CT molecular complexity index is 290. The number of ether oxygens (including phenoxy) is 2. The molecule has 1 atom stereocenters. The molecule has 1 aliphatic carbocycles. The lowest BCUT2D eigenvalue weighted by atomic mass is 10.3. The smallest absolute Gasteiger partial charge is 0.331 e. The van der Waals surface area contributed by atoms with Crippen LogP contribution in [-0.4, -0.2) is 24.1 Å². The normalized spacial score (nSPS) is 18.2. The van der Waals surface area contributed by atoms with Gasteiger partial charge in [0.25, 0.3) is 0 Å². The number of hydrogen-bond acceptors (Lipinski definition) is 4. The molecule has 1 unspecified atom stereocenters. The minimum atomic E-state index is -0.497. The highest BCUT2D eigenvalue weighted by Gasteiger charge is 2.18. The van der Waals surface area contributed by atoms with Crippen molar-refractivity contribution in [3.63, 3.8) is 0 Å². The molecule has 0 bridgehead atoms. The average Bonchev–Trinajstić information content (AvgIpc) is 2.79. The first-order valence-electron chi connectivity index (χ1n) is 6.21. The molecule has 1 aliphatic rings. The topological polar surface area (TPSA) is 52.6 Å². The first kappa shape index (κ1) is 13.7. The van der Waals surface area contributed by atoms with E-state index in [0.717, 1.165) is 44.3 Å². The third-order valence-electron chi connectivity index (χ3n) is 2.83. The molecule has 0 heterocycles. The summed E-state index contributed by atoms with van der Waals surface area (Å²) in [5.41, 5.74) is 0. The molecule has 0 aromatic heterocycles. The maximum absolute atomic E-state index is 11.3. The van der Waals surface area contributed by atoms with E-state index in [0.29, 0.717) is 0 Å². The summed E-state index contributed by atoms with van der Waals surface area (Å²) in [6.45, 7) is 3.73. The lowest BCUT2D eigenvalue weighted by molar-refractivity contribution is -0.145. The van der Waals surface area contributed by atoms with Gasteiger partial charge in [0.05, 0.1) is 6.10 Å². The first-order chi connectivity index (χ1) is 8.11. The average molecular weight is 240 g/mol. The van der Waals surface area contributed by atoms with Crippen molar-refractivity contribution in [2.75, 3.05) is 0 Å². The van der Waals surface area contributed by atoms with Crippen LogP contribution in [0.2, 0.25) is 0 Å². The van der Waals surface area contributed by atoms with Crippen LogP contribution in [0.15, 0.2) is 12.2 Å². The maximum atomic E-state index is 11.3. The predicted molar refractivity (Wildman–Crippen MR) is 63.3 cm³/mol. The van der Waals surface area contributed by atoms with Crippen LogP contribution in [0.4, 0.5) is 0 Å². The summed E-state index contributed by atoms with van der Waals surface area (Å²) in [7, 11) is 0. The third kappa shape index (κ3) is 5.52. The van der Waals surface area contributed by atoms with Crippen molar-refractivity contribution in [2.24, 2.45) is 0 Å². The van der Waals surface area contributed by atoms with Gasteiger partial charge in [-0.25, -0.2) is 9.59 Å². The van der Waals surface area contributed by atoms with E-state index in [1.807, 2.05) is 13.8 Å². The van der Waals surface area contributed by atoms with Crippen LogP contribution in [-0.2, 0) is 19.1 Å². The van der Waals surface area contributed by atoms with Crippen molar-refractivity contribution in [3.05, 3.63) is 12.2 Å². The van der Waals surface area contributed by atoms with Crippen molar-refractivity contribution >= 4 is 11.9 Å². The quantitative estimate of drug-likeness (QED) is 0.547. The van der Waals surface area contributed by atoms with Gasteiger partial charge < -0.3 is 9.47 Å². The number of esters is 2. The largest absolute Gasteiger partial charge is 0.460 e. The molecule has 0 aromatic carbocycles. The summed E-state index contributed by atoms with van der Waals surface area (Å²) in [6.07, 6.45) is 7.00. The van der Waals surface area contributed by atoms with E-state index in [1.165, 1.54) is 0 Å². The Kier molecular flexibility index (Phi) is 5.73. The number of hydrogen-bond donors (Lipinski definition) is 0. The molecule has 4 heteroatoms. The Morgan fingerprint density at radius 1 is 1.24 bits per heavy atom. The molecule has 0 aromatic rings. The molecular formula is C13H20O4. The highest BCUT2D eigenvalue weighted by Crippen LogP contribution is 2.20. The summed E-state index contributed by atoms with van der Waals surface area (Å²) in [4.78, 5) is 22.6. The first-order valence-corrected chi connectivity index (χ1v) is 6.21. The Morgan fingerprint density at radius 2 is 1.82 bits per heavy atom. The van der Waals surface area contributed by atoms with Gasteiger partial charge in [-0.05, 0) is 39.0 Å². The van der Waals surface area contributed by atoms with Crippen LogP contribution in [0.3, 0.4) is 0 Å². The molecule has 0 N–H and O–H groups in total. The van der Waals surface area contributed by atoms with Gasteiger partial charge in [0, 0.05) is 12.2 Å². The molecule has 1 saturated carbocycles. The minimum absolute atomic E-state index is 0.0257. The second kappa shape index (κ2) is 7.09. The molecule has 0 spiro atoms. The maximum Gasteiger partial charge on any atom is 0.331 e. The van der Waals surface area contributed by atoms with Gasteiger partial charge in [0.15, 0.2) is 0 Å². The molecule has 0 aliphatic heterocycles. The molecular weight excluding hydrogens is 220 g/mol. The highest BCUT2D eigenvalue weighted by atomic mass is 16.5. The molecule has 17 heavy (non-hydrogen) atoms. The summed E-state index contributed by atoms with van der Waals surface area (Å²) in [5, 5.41) is 0. The molecule has 1 rings (SSSR count). The second-order valence-corrected chi connectivity index (χ2v) is 4.33. The fraction of sp³-hybridized carbons (Fsp3) is 0.692. The zero-order valence-corrected chi connectivity index (χ0v) is 10.5. The van der Waals surface area contributed by atoms with Gasteiger partial charge in [0.1, 0.15) is 6.10 Å². The van der Waals surface area contributed by atoms with E-state index in [1.54, 1.807) is 0 Å². The summed E-state index contributed by atoms with van der Waals surface area (Å²) >= 11 is 0. The van der Waals surface area contributed by atoms with Gasteiger partial charge in [-0.15, -0.1) is 0 Å². The van der Waals surface area contributed by atoms with Gasteiger partial charge >= 0.3 is 11.9 Å². The van der Waals surface area contributed by atoms with E-state index in [9.17, 15) is 9.59 Å². The summed E-state index contributed by atoms with van der Waals surface area (Å²) < 4.78 is 10.1. The van der Waals surface area contributed by atoms with E-state index < -0.39 is 11.9 Å². The standard InChI is InChI=1S/C13H20O4/c1-3-10(2)16-12(14)8-9-13(15)17-11-6-4-5-7-11/h8-11H,3-7H2,1-2H3/b9-8+. The zero-order valence-electron chi connectivity index (χ0n) is 10.5. The van der Waals surface area contributed by atoms with E-state index in [2.05, 4.69) is 0 Å². The third-order valence-corrected chi connectivity index (χ3v) is 2.83. The lowest BCUT2D eigenvalue weighted by Crippen LogP contribution is -2.14. The van der Waals surface area contributed by atoms with E-state index >= 15 is 0 Å². The van der Waals surface area contributed by atoms with Gasteiger partial charge in [-0.3, -0.25) is 0 Å². The van der Waals surface area contributed by atoms with Gasteiger partial charge in [-0.2, -0.15) is 0 Å². The molecule has 4 nitrogen and oxygen atoms in total. The van der Waals surface area contributed by atoms with Crippen molar-refractivity contribution in [2.45, 2.75) is 58.2 Å². The summed E-state index contributed by atoms with van der Waals surface area (Å²) in [5.74, 6) is -0.958. The SMILES string of the molecule is CCC(C)OC(=O)/C=C/C(=O)OC1CCCC1. The van der Waals surface area contributed by atoms with Crippen LogP contribution >= 0.6 is 0 Å². The Morgan fingerprint density at radius 3 is 2.41 bits per heavy atom. The fourth-order valence-electron chi connectivity index (χ4n) is 1.67. The Balaban J connectivity index is 2.26. The van der Waals surface area contributed by atoms with Crippen LogP contribution in [0, 0.1) is 0 Å². The van der Waals surface area contributed by atoms with E-state index in [4.69, 9.17) is 9.47 Å². The molecule has 0 radical (unpaired) electrons. The van der Waals surface area contributed by atoms with E-state index in [-0.39, 0.29) is 12.2 Å². The lowest BCUT2D eigenvalue weighted by Gasteiger charge is -2.09. The summed E-state index contributed by atoms with van der Waals surface area (Å²) in [6, 6.07) is 0. The molecule has 0 saturated heterocycles. The fourth-order valence-corrected chi connectivity index (χ4v) is 1.67. The minimum Gasteiger partial charge on any atom is -0.460 e. The number of carbonyl (C=O) groups is 2. The van der Waals surface area contributed by atoms with Gasteiger partial charge in [-0.1, -0.05) is 6.92 Å². The number of rotatable bonds is 5. The van der Waals surface area contributed by atoms with Crippen molar-refractivity contribution in [1.29, 1.82) is 0 Å². The monoisotopic (exact) mass is 240 g/mol. The van der Waals surface area contributed by atoms with Crippen LogP contribution in [0.1, 0.15) is 46.0 Å².